The lowest BCUT2D eigenvalue weighted by atomic mass is 9.93. The third-order valence-electron chi connectivity index (χ3n) is 5.89. The van der Waals surface area contributed by atoms with Crippen LogP contribution in [0.1, 0.15) is 25.0 Å². The quantitative estimate of drug-likeness (QED) is 0.825. The Labute approximate surface area is 165 Å². The van der Waals surface area contributed by atoms with Crippen molar-refractivity contribution in [3.63, 3.8) is 0 Å². The molecule has 142 valence electrons. The number of ether oxygens (including phenoxy) is 2. The molecule has 0 fully saturated rings. The van der Waals surface area contributed by atoms with Crippen LogP contribution in [-0.2, 0) is 6.42 Å². The molecule has 28 heavy (non-hydrogen) atoms. The van der Waals surface area contributed by atoms with Gasteiger partial charge in [-0.3, -0.25) is 0 Å². The Hall–Kier alpha value is -2.94. The molecule has 1 aliphatic carbocycles. The molecule has 2 heterocycles. The first-order valence-corrected chi connectivity index (χ1v) is 10.1. The Morgan fingerprint density at radius 3 is 2.79 bits per heavy atom. The van der Waals surface area contributed by atoms with Crippen molar-refractivity contribution in [2.24, 2.45) is 0 Å². The SMILES string of the molecule is CCN(CC)c1ccc2c(c1)OC1(C=C2)C=c2c(ccc3c2=CC=CC3)OC1. The zero-order valence-electron chi connectivity index (χ0n) is 16.4. The van der Waals surface area contributed by atoms with Gasteiger partial charge >= 0.3 is 0 Å². The van der Waals surface area contributed by atoms with Crippen LogP contribution in [0.25, 0.3) is 18.2 Å². The molecule has 3 heteroatoms. The normalized spacial score (nSPS) is 20.8. The van der Waals surface area contributed by atoms with Gasteiger partial charge in [-0.25, -0.2) is 0 Å². The zero-order chi connectivity index (χ0) is 19.1. The summed E-state index contributed by atoms with van der Waals surface area (Å²) < 4.78 is 12.7. The molecule has 0 saturated carbocycles. The highest BCUT2D eigenvalue weighted by Crippen LogP contribution is 2.36. The number of benzene rings is 2. The summed E-state index contributed by atoms with van der Waals surface area (Å²) in [5.74, 6) is 1.86. The van der Waals surface area contributed by atoms with Gasteiger partial charge < -0.3 is 14.4 Å². The van der Waals surface area contributed by atoms with Gasteiger partial charge in [-0.2, -0.15) is 0 Å². The largest absolute Gasteiger partial charge is 0.488 e. The van der Waals surface area contributed by atoms with Gasteiger partial charge in [0.1, 0.15) is 18.1 Å². The number of nitrogens with zero attached hydrogens (tertiary/aromatic N) is 1. The summed E-state index contributed by atoms with van der Waals surface area (Å²) in [6.45, 7) is 6.81. The summed E-state index contributed by atoms with van der Waals surface area (Å²) in [6.07, 6.45) is 14.0. The Bertz CT molecular complexity index is 1110. The van der Waals surface area contributed by atoms with E-state index in [-0.39, 0.29) is 0 Å². The van der Waals surface area contributed by atoms with Crippen LogP contribution in [0.5, 0.6) is 11.5 Å². The van der Waals surface area contributed by atoms with Crippen molar-refractivity contribution in [1.29, 1.82) is 0 Å². The maximum Gasteiger partial charge on any atom is 0.180 e. The van der Waals surface area contributed by atoms with Crippen LogP contribution < -0.4 is 24.8 Å². The predicted molar refractivity (Wildman–Crippen MR) is 115 cm³/mol. The molecule has 0 radical (unpaired) electrons. The first-order valence-electron chi connectivity index (χ1n) is 10.1. The number of allylic oxidation sites excluding steroid dienone is 2. The summed E-state index contributed by atoms with van der Waals surface area (Å²) in [5.41, 5.74) is 3.08. The molecular weight excluding hydrogens is 346 g/mol. The average molecular weight is 371 g/mol. The van der Waals surface area contributed by atoms with Crippen molar-refractivity contribution in [2.75, 3.05) is 24.6 Å². The molecule has 1 atom stereocenters. The molecule has 3 nitrogen and oxygen atoms in total. The topological polar surface area (TPSA) is 21.7 Å². The van der Waals surface area contributed by atoms with E-state index in [0.717, 1.165) is 41.8 Å². The molecule has 3 aliphatic rings. The first-order chi connectivity index (χ1) is 13.7. The fraction of sp³-hybridized carbons (Fsp3) is 0.280. The smallest absolute Gasteiger partial charge is 0.180 e. The Balaban J connectivity index is 1.60. The molecule has 0 aromatic heterocycles. The van der Waals surface area contributed by atoms with E-state index in [9.17, 15) is 0 Å². The molecule has 2 aliphatic heterocycles. The van der Waals surface area contributed by atoms with Gasteiger partial charge in [-0.05, 0) is 61.4 Å². The van der Waals surface area contributed by atoms with Crippen molar-refractivity contribution >= 4 is 23.9 Å². The van der Waals surface area contributed by atoms with Crippen LogP contribution in [0, 0.1) is 0 Å². The van der Waals surface area contributed by atoms with Gasteiger partial charge in [0.2, 0.25) is 0 Å². The summed E-state index contributed by atoms with van der Waals surface area (Å²) in [7, 11) is 0. The second-order valence-corrected chi connectivity index (χ2v) is 7.57. The molecule has 0 bridgehead atoms. The van der Waals surface area contributed by atoms with Crippen LogP contribution in [0.15, 0.2) is 48.6 Å². The van der Waals surface area contributed by atoms with E-state index < -0.39 is 5.60 Å². The Morgan fingerprint density at radius 1 is 1.04 bits per heavy atom. The summed E-state index contributed by atoms with van der Waals surface area (Å²) in [4.78, 5) is 2.34. The van der Waals surface area contributed by atoms with Crippen molar-refractivity contribution in [2.45, 2.75) is 25.9 Å². The summed E-state index contributed by atoms with van der Waals surface area (Å²) in [6, 6.07) is 10.7. The highest BCUT2D eigenvalue weighted by molar-refractivity contribution is 5.69. The monoisotopic (exact) mass is 371 g/mol. The average Bonchev–Trinajstić information content (AvgIpc) is 2.74. The molecule has 1 unspecified atom stereocenters. The van der Waals surface area contributed by atoms with Crippen molar-refractivity contribution in [3.05, 3.63) is 70.1 Å². The molecule has 0 saturated heterocycles. The van der Waals surface area contributed by atoms with Crippen LogP contribution >= 0.6 is 0 Å². The maximum atomic E-state index is 6.56. The third kappa shape index (κ3) is 2.73. The van der Waals surface area contributed by atoms with E-state index >= 15 is 0 Å². The molecule has 5 rings (SSSR count). The lowest BCUT2D eigenvalue weighted by Gasteiger charge is -2.35. The lowest BCUT2D eigenvalue weighted by Crippen LogP contribution is -2.48. The number of hydrogen-bond donors (Lipinski definition) is 0. The number of rotatable bonds is 3. The first kappa shape index (κ1) is 17.2. The molecule has 0 amide bonds. The van der Waals surface area contributed by atoms with Crippen molar-refractivity contribution < 1.29 is 9.47 Å². The van der Waals surface area contributed by atoms with Crippen LogP contribution in [0.2, 0.25) is 0 Å². The van der Waals surface area contributed by atoms with Gasteiger partial charge in [-0.15, -0.1) is 0 Å². The molecule has 2 aromatic rings. The highest BCUT2D eigenvalue weighted by atomic mass is 16.5. The van der Waals surface area contributed by atoms with E-state index in [1.54, 1.807) is 0 Å². The molecule has 0 N–H and O–H groups in total. The van der Waals surface area contributed by atoms with E-state index in [0.29, 0.717) is 6.61 Å². The number of fused-ring (bicyclic) bond motifs is 4. The predicted octanol–water partition coefficient (Wildman–Crippen LogP) is 3.44. The molecule has 2 aromatic carbocycles. The third-order valence-corrected chi connectivity index (χ3v) is 5.89. The van der Waals surface area contributed by atoms with Crippen molar-refractivity contribution in [1.82, 2.24) is 0 Å². The lowest BCUT2D eigenvalue weighted by molar-refractivity contribution is 0.105. The van der Waals surface area contributed by atoms with Gasteiger partial charge in [0, 0.05) is 35.6 Å². The number of hydrogen-bond acceptors (Lipinski definition) is 3. The Morgan fingerprint density at radius 2 is 1.93 bits per heavy atom. The van der Waals surface area contributed by atoms with E-state index in [2.05, 4.69) is 85.5 Å². The van der Waals surface area contributed by atoms with E-state index in [4.69, 9.17) is 9.47 Å². The van der Waals surface area contributed by atoms with Gasteiger partial charge in [0.25, 0.3) is 0 Å². The fourth-order valence-corrected chi connectivity index (χ4v) is 4.31. The minimum Gasteiger partial charge on any atom is -0.488 e. The van der Waals surface area contributed by atoms with E-state index in [1.807, 2.05) is 0 Å². The van der Waals surface area contributed by atoms with Gasteiger partial charge in [-0.1, -0.05) is 30.4 Å². The number of anilines is 1. The minimum atomic E-state index is -0.563. The van der Waals surface area contributed by atoms with Crippen LogP contribution in [0.4, 0.5) is 5.69 Å². The standard InChI is InChI=1S/C25H25NO2/c1-3-26(4-2)20-11-9-19-13-14-25(28-24(19)15-20)16-22-21-8-6-5-7-18(21)10-12-23(22)27-17-25/h5-6,8-16H,3-4,7,17H2,1-2H3. The van der Waals surface area contributed by atoms with Crippen molar-refractivity contribution in [3.8, 4) is 11.5 Å². The second-order valence-electron chi connectivity index (χ2n) is 7.57. The Kier molecular flexibility index (Phi) is 4.04. The highest BCUT2D eigenvalue weighted by Gasteiger charge is 2.34. The maximum absolute atomic E-state index is 6.56. The van der Waals surface area contributed by atoms with Gasteiger partial charge in [0.15, 0.2) is 5.60 Å². The van der Waals surface area contributed by atoms with Crippen LogP contribution in [0.3, 0.4) is 0 Å². The van der Waals surface area contributed by atoms with E-state index in [1.165, 1.54) is 16.5 Å². The fourth-order valence-electron chi connectivity index (χ4n) is 4.31. The zero-order valence-corrected chi connectivity index (χ0v) is 16.4. The summed E-state index contributed by atoms with van der Waals surface area (Å²) in [5, 5.41) is 2.39. The summed E-state index contributed by atoms with van der Waals surface area (Å²) >= 11 is 0. The van der Waals surface area contributed by atoms with Gasteiger partial charge in [0.05, 0.1) is 0 Å². The second kappa shape index (κ2) is 6.59. The minimum absolute atomic E-state index is 0.486. The molecule has 1 spiro atoms. The molecular formula is C25H25NO2. The van der Waals surface area contributed by atoms with Crippen LogP contribution in [-0.4, -0.2) is 25.3 Å².